The lowest BCUT2D eigenvalue weighted by atomic mass is 9.99. The lowest BCUT2D eigenvalue weighted by Crippen LogP contribution is -2.18. The third kappa shape index (κ3) is 9.46. The van der Waals surface area contributed by atoms with E-state index in [2.05, 4.69) is 11.3 Å². The van der Waals surface area contributed by atoms with Crippen molar-refractivity contribution in [2.45, 2.75) is 45.5 Å². The van der Waals surface area contributed by atoms with E-state index in [-0.39, 0.29) is 36.2 Å². The van der Waals surface area contributed by atoms with Gasteiger partial charge in [-0.15, -0.1) is 0 Å². The highest BCUT2D eigenvalue weighted by atomic mass is 35.5. The predicted octanol–water partition coefficient (Wildman–Crippen LogP) is 8.09. The molecule has 3 rings (SSSR count). The summed E-state index contributed by atoms with van der Waals surface area (Å²) in [7, 11) is 0. The largest absolute Gasteiger partial charge is 0.489 e. The molecular formula is C29H30Cl2F2O5. The summed E-state index contributed by atoms with van der Waals surface area (Å²) in [5.74, 6) is -0.214. The van der Waals surface area contributed by atoms with Crippen LogP contribution in [0.4, 0.5) is 8.78 Å². The molecule has 0 saturated heterocycles. The Bertz CT molecular complexity index is 1150. The van der Waals surface area contributed by atoms with Crippen molar-refractivity contribution < 1.29 is 32.5 Å². The molecule has 0 spiro atoms. The number of hydrogen-bond donors (Lipinski definition) is 0. The Kier molecular flexibility index (Phi) is 11.6. The zero-order valence-electron chi connectivity index (χ0n) is 21.0. The summed E-state index contributed by atoms with van der Waals surface area (Å²) in [6, 6.07) is 13.8. The Morgan fingerprint density at radius 3 is 2.50 bits per heavy atom. The summed E-state index contributed by atoms with van der Waals surface area (Å²) in [5, 5.41) is 0.650. The third-order valence-corrected chi connectivity index (χ3v) is 6.56. The Morgan fingerprint density at radius 1 is 1.13 bits per heavy atom. The van der Waals surface area contributed by atoms with Gasteiger partial charge >= 0.3 is 12.6 Å². The lowest BCUT2D eigenvalue weighted by Gasteiger charge is -2.22. The van der Waals surface area contributed by atoms with E-state index in [0.29, 0.717) is 28.7 Å². The fourth-order valence-corrected chi connectivity index (χ4v) is 3.97. The van der Waals surface area contributed by atoms with Crippen LogP contribution in [0.25, 0.3) is 0 Å². The van der Waals surface area contributed by atoms with Crippen molar-refractivity contribution in [1.82, 2.24) is 0 Å². The van der Waals surface area contributed by atoms with E-state index in [1.165, 1.54) is 24.3 Å². The van der Waals surface area contributed by atoms with Crippen LogP contribution < -0.4 is 9.47 Å². The number of hydrogen-bond acceptors (Lipinski definition) is 5. The summed E-state index contributed by atoms with van der Waals surface area (Å²) in [5.41, 5.74) is 1.90. The van der Waals surface area contributed by atoms with Gasteiger partial charge in [0.2, 0.25) is 0 Å². The Labute approximate surface area is 231 Å². The van der Waals surface area contributed by atoms with Crippen molar-refractivity contribution in [2.75, 3.05) is 13.2 Å². The number of allylic oxidation sites excluding steroid dienone is 4. The summed E-state index contributed by atoms with van der Waals surface area (Å²) in [6.07, 6.45) is 4.34. The average molecular weight is 567 g/mol. The Balaban J connectivity index is 1.85. The number of rotatable bonds is 15. The molecule has 0 aliphatic heterocycles. The smallest absolute Gasteiger partial charge is 0.387 e. The highest BCUT2D eigenvalue weighted by Gasteiger charge is 2.26. The van der Waals surface area contributed by atoms with Crippen LogP contribution in [0.2, 0.25) is 0 Å². The molecule has 5 nitrogen and oxygen atoms in total. The molecule has 0 aromatic heterocycles. The third-order valence-electron chi connectivity index (χ3n) is 5.73. The zero-order valence-corrected chi connectivity index (χ0v) is 22.5. The second-order valence-electron chi connectivity index (χ2n) is 8.67. The van der Waals surface area contributed by atoms with Gasteiger partial charge in [0.1, 0.15) is 12.7 Å². The topological polar surface area (TPSA) is 54.0 Å². The number of esters is 1. The first kappa shape index (κ1) is 29.7. The van der Waals surface area contributed by atoms with Crippen molar-refractivity contribution in [3.05, 3.63) is 94.0 Å². The molecule has 0 N–H and O–H groups in total. The van der Waals surface area contributed by atoms with Crippen molar-refractivity contribution in [3.8, 4) is 11.5 Å². The highest BCUT2D eigenvalue weighted by molar-refractivity contribution is 6.36. The molecule has 2 aromatic carbocycles. The van der Waals surface area contributed by atoms with Crippen molar-refractivity contribution >= 4 is 29.2 Å². The molecule has 1 atom stereocenters. The average Bonchev–Trinajstić information content (AvgIpc) is 3.74. The molecule has 0 amide bonds. The van der Waals surface area contributed by atoms with Gasteiger partial charge < -0.3 is 18.9 Å². The normalized spacial score (nSPS) is 15.1. The van der Waals surface area contributed by atoms with Gasteiger partial charge in [-0.05, 0) is 54.5 Å². The quantitative estimate of drug-likeness (QED) is 0.161. The number of carbonyl (C=O) groups excluding carboxylic acids is 1. The van der Waals surface area contributed by atoms with Crippen LogP contribution in [0, 0.1) is 5.92 Å². The molecule has 1 saturated carbocycles. The van der Waals surface area contributed by atoms with Crippen LogP contribution in [0.3, 0.4) is 0 Å². The number of alkyl halides is 2. The second kappa shape index (κ2) is 14.9. The van der Waals surface area contributed by atoms with Gasteiger partial charge in [-0.25, -0.2) is 4.79 Å². The monoisotopic (exact) mass is 566 g/mol. The van der Waals surface area contributed by atoms with Crippen LogP contribution in [0.15, 0.2) is 82.9 Å². The molecule has 9 heteroatoms. The predicted molar refractivity (Wildman–Crippen MR) is 144 cm³/mol. The maximum atomic E-state index is 13.0. The van der Waals surface area contributed by atoms with Gasteiger partial charge in [0.25, 0.3) is 0 Å². The minimum absolute atomic E-state index is 0.0928. The Morgan fingerprint density at radius 2 is 1.87 bits per heavy atom. The van der Waals surface area contributed by atoms with Crippen LogP contribution in [-0.4, -0.2) is 25.8 Å². The first-order valence-corrected chi connectivity index (χ1v) is 12.9. The summed E-state index contributed by atoms with van der Waals surface area (Å²) in [6.45, 7) is 2.73. The molecule has 0 radical (unpaired) electrons. The van der Waals surface area contributed by atoms with Gasteiger partial charge in [0.15, 0.2) is 11.5 Å². The molecule has 204 valence electrons. The van der Waals surface area contributed by atoms with E-state index in [0.717, 1.165) is 18.4 Å². The standard InChI is InChI=1S/C29H30Cl2F2O5/c1-3-23(30)22(24(31)4-2)15-26(37-28(34)18-35-16-19-8-6-5-7-9-19)21-12-13-25(38-29(32)33)27(14-21)36-17-20-10-11-20/h3-9,12-14,20,26,29H,1,10-11,15-18H2,2H3/b23-22+,24-4+/t26-/m0/s1. The number of halogens is 4. The minimum Gasteiger partial charge on any atom is -0.489 e. The van der Waals surface area contributed by atoms with E-state index in [9.17, 15) is 13.6 Å². The van der Waals surface area contributed by atoms with Gasteiger partial charge in [-0.3, -0.25) is 0 Å². The minimum atomic E-state index is -3.02. The summed E-state index contributed by atoms with van der Waals surface area (Å²) < 4.78 is 47.8. The van der Waals surface area contributed by atoms with Crippen LogP contribution in [-0.2, 0) is 20.9 Å². The lowest BCUT2D eigenvalue weighted by molar-refractivity contribution is -0.155. The number of benzene rings is 2. The molecule has 38 heavy (non-hydrogen) atoms. The maximum absolute atomic E-state index is 13.0. The molecular weight excluding hydrogens is 537 g/mol. The van der Waals surface area contributed by atoms with Gasteiger partial charge in [-0.1, -0.05) is 78.3 Å². The molecule has 0 heterocycles. The van der Waals surface area contributed by atoms with Gasteiger partial charge in [-0.2, -0.15) is 8.78 Å². The Hall–Kier alpha value is -2.87. The molecule has 1 aliphatic rings. The van der Waals surface area contributed by atoms with Crippen molar-refractivity contribution in [1.29, 1.82) is 0 Å². The first-order valence-electron chi connectivity index (χ1n) is 12.2. The summed E-state index contributed by atoms with van der Waals surface area (Å²) >= 11 is 12.8. The fourth-order valence-electron chi connectivity index (χ4n) is 3.56. The molecule has 2 aromatic rings. The zero-order chi connectivity index (χ0) is 27.5. The SMILES string of the molecule is C=C/C(Cl)=C(C[C@H](OC(=O)COCc1ccccc1)c1ccc(OC(F)F)c(OCC2CC2)c1)\C(Cl)=C/C. The number of carbonyl (C=O) groups is 1. The second-order valence-corrected chi connectivity index (χ2v) is 9.48. The van der Waals surface area contributed by atoms with E-state index in [1.807, 2.05) is 30.3 Å². The summed E-state index contributed by atoms with van der Waals surface area (Å²) in [4.78, 5) is 12.8. The number of ether oxygens (including phenoxy) is 4. The van der Waals surface area contributed by atoms with Crippen LogP contribution >= 0.6 is 23.2 Å². The maximum Gasteiger partial charge on any atom is 0.387 e. The van der Waals surface area contributed by atoms with E-state index in [1.54, 1.807) is 13.0 Å². The molecule has 1 fully saturated rings. The van der Waals surface area contributed by atoms with Crippen molar-refractivity contribution in [2.24, 2.45) is 5.92 Å². The first-order chi connectivity index (χ1) is 18.3. The van der Waals surface area contributed by atoms with E-state index < -0.39 is 18.7 Å². The van der Waals surface area contributed by atoms with E-state index in [4.69, 9.17) is 37.4 Å². The molecule has 1 aliphatic carbocycles. The fraction of sp³-hybridized carbons (Fsp3) is 0.345. The van der Waals surface area contributed by atoms with Crippen LogP contribution in [0.5, 0.6) is 11.5 Å². The van der Waals surface area contributed by atoms with E-state index >= 15 is 0 Å². The molecule has 0 unspecified atom stereocenters. The van der Waals surface area contributed by atoms with Crippen LogP contribution in [0.1, 0.15) is 43.4 Å². The molecule has 0 bridgehead atoms. The van der Waals surface area contributed by atoms with Gasteiger partial charge in [0.05, 0.1) is 13.2 Å². The highest BCUT2D eigenvalue weighted by Crippen LogP contribution is 2.39. The van der Waals surface area contributed by atoms with Crippen molar-refractivity contribution in [3.63, 3.8) is 0 Å². The van der Waals surface area contributed by atoms with Gasteiger partial charge in [0, 0.05) is 16.5 Å².